The summed E-state index contributed by atoms with van der Waals surface area (Å²) in [5.74, 6) is -4.58. The van der Waals surface area contributed by atoms with Gasteiger partial charge in [0.15, 0.2) is 0 Å². The number of hydrogen-bond donors (Lipinski definition) is 3. The van der Waals surface area contributed by atoms with Crippen LogP contribution in [0.5, 0.6) is 0 Å². The van der Waals surface area contributed by atoms with E-state index in [4.69, 9.17) is 0 Å². The molecule has 21 heteroatoms. The fourth-order valence-corrected chi connectivity index (χ4v) is 8.86. The third-order valence-electron chi connectivity index (χ3n) is 11.6. The number of carbonyl (C=O) groups excluding carboxylic acids is 4. The summed E-state index contributed by atoms with van der Waals surface area (Å²) in [4.78, 5) is 70.1. The van der Waals surface area contributed by atoms with E-state index in [0.29, 0.717) is 74.4 Å². The zero-order valence-electron chi connectivity index (χ0n) is 34.9. The van der Waals surface area contributed by atoms with E-state index in [1.54, 1.807) is 35.2 Å². The van der Waals surface area contributed by atoms with Crippen LogP contribution in [-0.4, -0.2) is 156 Å². The lowest BCUT2D eigenvalue weighted by atomic mass is 10.1. The second-order valence-corrected chi connectivity index (χ2v) is 17.3. The third-order valence-corrected chi connectivity index (χ3v) is 12.5. The maximum Gasteiger partial charge on any atom is 0.295 e. The van der Waals surface area contributed by atoms with Crippen LogP contribution in [0.2, 0.25) is 0 Å². The maximum atomic E-state index is 13.9. The van der Waals surface area contributed by atoms with Crippen molar-refractivity contribution in [2.24, 2.45) is 5.10 Å². The molecule has 2 aromatic carbocycles. The van der Waals surface area contributed by atoms with Gasteiger partial charge in [-0.1, -0.05) is 18.2 Å². The summed E-state index contributed by atoms with van der Waals surface area (Å²) in [5, 5.41) is 16.3. The van der Waals surface area contributed by atoms with Gasteiger partial charge in [-0.3, -0.25) is 39.0 Å². The first-order valence-corrected chi connectivity index (χ1v) is 22.1. The molecule has 4 aromatic rings. The summed E-state index contributed by atoms with van der Waals surface area (Å²) in [6.45, 7) is 2.93. The Morgan fingerprint density at radius 3 is 2.55 bits per heavy atom. The molecule has 0 aliphatic carbocycles. The van der Waals surface area contributed by atoms with Crippen molar-refractivity contribution in [1.82, 2.24) is 34.9 Å². The second-order valence-electron chi connectivity index (χ2n) is 15.9. The van der Waals surface area contributed by atoms with E-state index in [9.17, 15) is 46.2 Å². The molecule has 3 aliphatic heterocycles. The SMILES string of the molecule is CN(CCCN1CCN(C(=O)[C@@H]2CCCN2C(=O)c2ccc(N/N=C/c3ccccc3S(=O)(=O)O)nc2)CC1)c1ccc2nccc(C(=O)NCC(=O)N3CC(F)(F)C[C@H]3C#N)c2c1. The predicted molar refractivity (Wildman–Crippen MR) is 231 cm³/mol. The molecule has 0 radical (unpaired) electrons. The van der Waals surface area contributed by atoms with Gasteiger partial charge in [0.1, 0.15) is 22.8 Å². The molecule has 0 saturated carbocycles. The number of likely N-dealkylation sites (tertiary alicyclic amines) is 2. The molecule has 2 atom stereocenters. The molecule has 18 nitrogen and oxygen atoms in total. The van der Waals surface area contributed by atoms with E-state index < -0.39 is 59.4 Å². The first kappa shape index (κ1) is 45.4. The highest BCUT2D eigenvalue weighted by atomic mass is 32.2. The van der Waals surface area contributed by atoms with Gasteiger partial charge in [0.2, 0.25) is 11.8 Å². The van der Waals surface area contributed by atoms with Crippen molar-refractivity contribution in [3.05, 3.63) is 89.7 Å². The average Bonchev–Trinajstić information content (AvgIpc) is 3.91. The zero-order chi connectivity index (χ0) is 45.6. The first-order valence-electron chi connectivity index (χ1n) is 20.7. The van der Waals surface area contributed by atoms with Gasteiger partial charge in [-0.05, 0) is 68.3 Å². The maximum absolute atomic E-state index is 13.9. The molecule has 0 spiro atoms. The number of halogens is 2. The summed E-state index contributed by atoms with van der Waals surface area (Å²) in [6, 6.07) is 15.9. The van der Waals surface area contributed by atoms with Crippen LogP contribution in [-0.2, 0) is 19.7 Å². The van der Waals surface area contributed by atoms with E-state index in [2.05, 4.69) is 35.6 Å². The molecule has 3 N–H and O–H groups in total. The minimum absolute atomic E-state index is 0.0784. The van der Waals surface area contributed by atoms with Crippen LogP contribution in [0.3, 0.4) is 0 Å². The van der Waals surface area contributed by atoms with Crippen LogP contribution in [0.25, 0.3) is 10.9 Å². The Bertz CT molecular complexity index is 2590. The van der Waals surface area contributed by atoms with Crippen LogP contribution in [0, 0.1) is 11.3 Å². The van der Waals surface area contributed by atoms with Crippen LogP contribution in [0.4, 0.5) is 20.3 Å². The molecule has 3 aliphatic rings. The van der Waals surface area contributed by atoms with Crippen LogP contribution in [0.15, 0.2) is 83.1 Å². The number of alkyl halides is 2. The van der Waals surface area contributed by atoms with Gasteiger partial charge < -0.3 is 24.9 Å². The lowest BCUT2D eigenvalue weighted by Gasteiger charge is -2.37. The Balaban J connectivity index is 0.861. The smallest absolute Gasteiger partial charge is 0.295 e. The Morgan fingerprint density at radius 2 is 1.81 bits per heavy atom. The van der Waals surface area contributed by atoms with Gasteiger partial charge in [0.05, 0.1) is 42.0 Å². The minimum atomic E-state index is -4.44. The summed E-state index contributed by atoms with van der Waals surface area (Å²) in [5.41, 5.74) is 4.82. The summed E-state index contributed by atoms with van der Waals surface area (Å²) >= 11 is 0. The minimum Gasteiger partial charge on any atom is -0.375 e. The Hall–Kier alpha value is -6.63. The molecular formula is C43H47F2N11O7S. The largest absolute Gasteiger partial charge is 0.375 e. The fourth-order valence-electron chi connectivity index (χ4n) is 8.19. The number of nitrogens with zero attached hydrogens (tertiary/aromatic N) is 9. The molecular weight excluding hydrogens is 853 g/mol. The van der Waals surface area contributed by atoms with Crippen molar-refractivity contribution in [2.75, 3.05) is 76.3 Å². The molecule has 3 fully saturated rings. The van der Waals surface area contributed by atoms with Crippen molar-refractivity contribution in [2.45, 2.75) is 48.6 Å². The molecule has 5 heterocycles. The number of nitrogens with one attached hydrogen (secondary N) is 2. The van der Waals surface area contributed by atoms with E-state index in [1.807, 2.05) is 24.1 Å². The molecule has 64 heavy (non-hydrogen) atoms. The number of anilines is 2. The number of amides is 4. The normalized spacial score (nSPS) is 18.9. The first-order chi connectivity index (χ1) is 30.6. The molecule has 0 bridgehead atoms. The number of piperazine rings is 1. The molecule has 2 aromatic heterocycles. The predicted octanol–water partition coefficient (Wildman–Crippen LogP) is 3.09. The summed E-state index contributed by atoms with van der Waals surface area (Å²) < 4.78 is 60.4. The number of pyridine rings is 2. The topological polar surface area (TPSA) is 225 Å². The van der Waals surface area contributed by atoms with Gasteiger partial charge in [0, 0.05) is 81.8 Å². The van der Waals surface area contributed by atoms with Gasteiger partial charge in [-0.2, -0.15) is 18.8 Å². The van der Waals surface area contributed by atoms with Crippen molar-refractivity contribution in [3.8, 4) is 6.07 Å². The lowest BCUT2D eigenvalue weighted by molar-refractivity contribution is -0.137. The fraction of sp³-hybridized carbons (Fsp3) is 0.395. The van der Waals surface area contributed by atoms with E-state index in [1.165, 1.54) is 42.9 Å². The average molecular weight is 900 g/mol. The number of fused-ring (bicyclic) bond motifs is 1. The van der Waals surface area contributed by atoms with Gasteiger partial charge in [-0.15, -0.1) is 0 Å². The van der Waals surface area contributed by atoms with Gasteiger partial charge in [-0.25, -0.2) is 13.8 Å². The quantitative estimate of drug-likeness (QED) is 0.0942. The van der Waals surface area contributed by atoms with E-state index >= 15 is 0 Å². The second kappa shape index (κ2) is 19.4. The molecule has 4 amide bonds. The van der Waals surface area contributed by atoms with Crippen LogP contribution in [0.1, 0.15) is 52.0 Å². The van der Waals surface area contributed by atoms with Gasteiger partial charge >= 0.3 is 0 Å². The Morgan fingerprint density at radius 1 is 1.03 bits per heavy atom. The number of benzene rings is 2. The monoisotopic (exact) mass is 899 g/mol. The Labute approximate surface area is 368 Å². The number of hydrazone groups is 1. The number of nitriles is 1. The number of carbonyl (C=O) groups is 4. The number of aromatic nitrogens is 2. The van der Waals surface area contributed by atoms with Crippen molar-refractivity contribution in [3.63, 3.8) is 0 Å². The van der Waals surface area contributed by atoms with Crippen molar-refractivity contribution >= 4 is 62.4 Å². The molecule has 0 unspecified atom stereocenters. The van der Waals surface area contributed by atoms with Crippen molar-refractivity contribution < 1.29 is 40.9 Å². The molecule has 7 rings (SSSR count). The lowest BCUT2D eigenvalue weighted by Crippen LogP contribution is -2.54. The third kappa shape index (κ3) is 10.6. The van der Waals surface area contributed by atoms with Crippen LogP contribution >= 0.6 is 0 Å². The molecule has 3 saturated heterocycles. The Kier molecular flexibility index (Phi) is 13.8. The summed E-state index contributed by atoms with van der Waals surface area (Å²) in [7, 11) is -2.50. The molecule has 336 valence electrons. The van der Waals surface area contributed by atoms with Crippen LogP contribution < -0.4 is 15.6 Å². The highest BCUT2D eigenvalue weighted by molar-refractivity contribution is 7.86. The number of hydrogen-bond acceptors (Lipinski definition) is 13. The highest BCUT2D eigenvalue weighted by Gasteiger charge is 2.47. The van der Waals surface area contributed by atoms with Gasteiger partial charge in [0.25, 0.3) is 27.9 Å². The van der Waals surface area contributed by atoms with E-state index in [0.717, 1.165) is 23.6 Å². The highest BCUT2D eigenvalue weighted by Crippen LogP contribution is 2.32. The van der Waals surface area contributed by atoms with Crippen molar-refractivity contribution in [1.29, 1.82) is 5.26 Å². The zero-order valence-corrected chi connectivity index (χ0v) is 35.8. The van der Waals surface area contributed by atoms with E-state index in [-0.39, 0.29) is 27.8 Å². The summed E-state index contributed by atoms with van der Waals surface area (Å²) in [6.07, 6.45) is 5.43. The standard InChI is InChI=1S/C43H47F2N11O7S/c1-52(31-10-11-35-34(22-31)33(13-14-47-35)40(58)49-27-39(57)56-28-43(44,45)23-32(56)24-46)15-5-16-53-18-20-54(21-19-53)42(60)36-7-4-17-55(36)41(59)30-9-12-38(48-25-30)51-50-26-29-6-2-3-8-37(29)64(61,62)63/h2-3,6,8-14,22,25-26,32,36H,4-5,7,15-21,23,27-28H2,1H3,(H,48,51)(H,49,58)(H,61,62,63)/b50-26+/t32-,36-/m0/s1. The number of rotatable bonds is 14.